The molecule has 28 heavy (non-hydrogen) atoms. The number of anilines is 1. The van der Waals surface area contributed by atoms with Crippen molar-refractivity contribution in [3.63, 3.8) is 0 Å². The molecule has 0 saturated heterocycles. The Morgan fingerprint density at radius 1 is 1.25 bits per heavy atom. The summed E-state index contributed by atoms with van der Waals surface area (Å²) in [6.07, 6.45) is 0. The van der Waals surface area contributed by atoms with Crippen molar-refractivity contribution in [3.05, 3.63) is 64.7 Å². The Bertz CT molecular complexity index is 865. The van der Waals surface area contributed by atoms with E-state index < -0.39 is 0 Å². The van der Waals surface area contributed by atoms with Gasteiger partial charge in [-0.1, -0.05) is 48.9 Å². The summed E-state index contributed by atoms with van der Waals surface area (Å²) in [5, 5.41) is 12.0. The highest BCUT2D eigenvalue weighted by molar-refractivity contribution is 6.32. The van der Waals surface area contributed by atoms with Gasteiger partial charge in [0.1, 0.15) is 6.07 Å². The van der Waals surface area contributed by atoms with Crippen LogP contribution in [0.2, 0.25) is 5.02 Å². The third-order valence-corrected chi connectivity index (χ3v) is 4.44. The van der Waals surface area contributed by atoms with Gasteiger partial charge in [0, 0.05) is 18.8 Å². The molecule has 0 radical (unpaired) electrons. The molecule has 0 aromatic heterocycles. The van der Waals surface area contributed by atoms with Crippen LogP contribution in [0.1, 0.15) is 18.1 Å². The van der Waals surface area contributed by atoms with Gasteiger partial charge in [0.25, 0.3) is 0 Å². The Kier molecular flexibility index (Phi) is 8.00. The molecule has 0 aliphatic rings. The van der Waals surface area contributed by atoms with E-state index in [4.69, 9.17) is 21.6 Å². The minimum Gasteiger partial charge on any atom is -0.469 e. The number of hydrogen-bond donors (Lipinski definition) is 1. The largest absolute Gasteiger partial charge is 0.469 e. The third kappa shape index (κ3) is 6.38. The van der Waals surface area contributed by atoms with E-state index in [0.29, 0.717) is 24.3 Å². The number of ether oxygens (including phenoxy) is 1. The predicted molar refractivity (Wildman–Crippen MR) is 108 cm³/mol. The quantitative estimate of drug-likeness (QED) is 0.687. The maximum absolute atomic E-state index is 12.5. The first-order valence-electron chi connectivity index (χ1n) is 8.76. The van der Waals surface area contributed by atoms with E-state index in [1.807, 2.05) is 41.3 Å². The normalized spacial score (nSPS) is 11.5. The molecule has 1 unspecified atom stereocenters. The van der Waals surface area contributed by atoms with Gasteiger partial charge in [-0.25, -0.2) is 0 Å². The molecule has 1 N–H and O–H groups in total. The van der Waals surface area contributed by atoms with Crippen molar-refractivity contribution in [1.29, 1.82) is 5.26 Å². The lowest BCUT2D eigenvalue weighted by atomic mass is 10.1. The number of carbonyl (C=O) groups is 2. The number of nitrogens with one attached hydrogen (secondary N) is 1. The van der Waals surface area contributed by atoms with Crippen LogP contribution < -0.4 is 5.32 Å². The molecule has 0 spiro atoms. The van der Waals surface area contributed by atoms with Crippen LogP contribution in [0.25, 0.3) is 0 Å². The summed E-state index contributed by atoms with van der Waals surface area (Å²) in [5.41, 5.74) is 1.89. The molecule has 0 heterocycles. The van der Waals surface area contributed by atoms with E-state index in [2.05, 4.69) is 5.32 Å². The number of halogens is 1. The van der Waals surface area contributed by atoms with Gasteiger partial charge >= 0.3 is 5.97 Å². The van der Waals surface area contributed by atoms with Crippen LogP contribution in [-0.4, -0.2) is 37.0 Å². The average Bonchev–Trinajstić information content (AvgIpc) is 2.68. The zero-order chi connectivity index (χ0) is 20.5. The van der Waals surface area contributed by atoms with E-state index in [0.717, 1.165) is 5.56 Å². The Morgan fingerprint density at radius 2 is 1.96 bits per heavy atom. The van der Waals surface area contributed by atoms with Gasteiger partial charge in [-0.15, -0.1) is 0 Å². The number of nitriles is 1. The van der Waals surface area contributed by atoms with Gasteiger partial charge in [0.2, 0.25) is 5.91 Å². The van der Waals surface area contributed by atoms with Gasteiger partial charge in [0.15, 0.2) is 0 Å². The first-order valence-corrected chi connectivity index (χ1v) is 9.14. The van der Waals surface area contributed by atoms with Crippen molar-refractivity contribution < 1.29 is 14.3 Å². The number of rotatable bonds is 8. The summed E-state index contributed by atoms with van der Waals surface area (Å²) >= 11 is 6.01. The molecule has 0 fully saturated rings. The van der Waals surface area contributed by atoms with Crippen LogP contribution in [-0.2, 0) is 20.9 Å². The first kappa shape index (κ1) is 21.4. The lowest BCUT2D eigenvalue weighted by Crippen LogP contribution is -2.37. The Balaban J connectivity index is 2.07. The van der Waals surface area contributed by atoms with Crippen molar-refractivity contribution in [3.8, 4) is 6.07 Å². The smallest absolute Gasteiger partial charge is 0.309 e. The Labute approximate surface area is 169 Å². The molecule has 1 atom stereocenters. The zero-order valence-corrected chi connectivity index (χ0v) is 16.6. The second-order valence-corrected chi connectivity index (χ2v) is 6.84. The molecule has 0 aliphatic heterocycles. The van der Waals surface area contributed by atoms with Crippen LogP contribution in [0.15, 0.2) is 48.5 Å². The van der Waals surface area contributed by atoms with E-state index in [-0.39, 0.29) is 29.4 Å². The van der Waals surface area contributed by atoms with Crippen molar-refractivity contribution in [2.24, 2.45) is 5.92 Å². The van der Waals surface area contributed by atoms with E-state index in [1.54, 1.807) is 19.1 Å². The lowest BCUT2D eigenvalue weighted by Gasteiger charge is -2.24. The molecule has 2 aromatic rings. The highest BCUT2D eigenvalue weighted by Crippen LogP contribution is 2.20. The molecule has 7 heteroatoms. The van der Waals surface area contributed by atoms with Crippen molar-refractivity contribution >= 4 is 29.2 Å². The number of methoxy groups -OCH3 is 1. The maximum Gasteiger partial charge on any atom is 0.309 e. The zero-order valence-electron chi connectivity index (χ0n) is 15.8. The number of nitrogens with zero attached hydrogens (tertiary/aromatic N) is 2. The van der Waals surface area contributed by atoms with Crippen molar-refractivity contribution in [2.75, 3.05) is 25.5 Å². The standard InChI is InChI=1S/C21H22ClN3O3/c1-15(21(27)28-2)12-25(13-16-6-4-3-5-7-16)14-20(26)24-18-9-8-17(11-23)19(22)10-18/h3-10,15H,12-14H2,1-2H3,(H,24,26). The molecule has 0 bridgehead atoms. The molecule has 2 rings (SSSR count). The van der Waals surface area contributed by atoms with Crippen LogP contribution in [0.4, 0.5) is 5.69 Å². The molecular formula is C21H22ClN3O3. The van der Waals surface area contributed by atoms with E-state index in [9.17, 15) is 9.59 Å². The minimum atomic E-state index is -0.370. The third-order valence-electron chi connectivity index (χ3n) is 4.13. The fourth-order valence-electron chi connectivity index (χ4n) is 2.78. The summed E-state index contributed by atoms with van der Waals surface area (Å²) in [7, 11) is 1.35. The summed E-state index contributed by atoms with van der Waals surface area (Å²) in [4.78, 5) is 26.2. The van der Waals surface area contributed by atoms with E-state index in [1.165, 1.54) is 13.2 Å². The highest BCUT2D eigenvalue weighted by Gasteiger charge is 2.20. The summed E-state index contributed by atoms with van der Waals surface area (Å²) in [6.45, 7) is 2.75. The van der Waals surface area contributed by atoms with Gasteiger partial charge in [0.05, 0.1) is 30.2 Å². The number of carbonyl (C=O) groups excluding carboxylic acids is 2. The van der Waals surface area contributed by atoms with Crippen LogP contribution in [0.5, 0.6) is 0 Å². The number of benzene rings is 2. The van der Waals surface area contributed by atoms with Gasteiger partial charge in [-0.2, -0.15) is 5.26 Å². The molecule has 1 amide bonds. The SMILES string of the molecule is COC(=O)C(C)CN(CC(=O)Nc1ccc(C#N)c(Cl)c1)Cc1ccccc1. The second kappa shape index (κ2) is 10.5. The number of hydrogen-bond acceptors (Lipinski definition) is 5. The van der Waals surface area contributed by atoms with Crippen LogP contribution in [0, 0.1) is 17.2 Å². The molecule has 2 aromatic carbocycles. The fraction of sp³-hybridized carbons (Fsp3) is 0.286. The number of esters is 1. The van der Waals surface area contributed by atoms with Gasteiger partial charge in [-0.05, 0) is 23.8 Å². The molecule has 146 valence electrons. The molecular weight excluding hydrogens is 378 g/mol. The lowest BCUT2D eigenvalue weighted by molar-refractivity contribution is -0.145. The Hall–Kier alpha value is -2.88. The molecule has 0 saturated carbocycles. The number of amides is 1. The van der Waals surface area contributed by atoms with Crippen molar-refractivity contribution in [2.45, 2.75) is 13.5 Å². The maximum atomic E-state index is 12.5. The van der Waals surface area contributed by atoms with Crippen LogP contribution in [0.3, 0.4) is 0 Å². The highest BCUT2D eigenvalue weighted by atomic mass is 35.5. The van der Waals surface area contributed by atoms with Crippen molar-refractivity contribution in [1.82, 2.24) is 4.90 Å². The monoisotopic (exact) mass is 399 g/mol. The van der Waals surface area contributed by atoms with Crippen LogP contribution >= 0.6 is 11.6 Å². The first-order chi connectivity index (χ1) is 13.4. The summed E-state index contributed by atoms with van der Waals surface area (Å²) in [5.74, 6) is -0.933. The predicted octanol–water partition coefficient (Wildman–Crippen LogP) is 3.46. The Morgan fingerprint density at radius 3 is 2.57 bits per heavy atom. The van der Waals surface area contributed by atoms with Gasteiger partial charge < -0.3 is 10.1 Å². The van der Waals surface area contributed by atoms with Gasteiger partial charge in [-0.3, -0.25) is 14.5 Å². The minimum absolute atomic E-state index is 0.0911. The average molecular weight is 400 g/mol. The van der Waals surface area contributed by atoms with E-state index >= 15 is 0 Å². The summed E-state index contributed by atoms with van der Waals surface area (Å²) in [6, 6.07) is 16.4. The summed E-state index contributed by atoms with van der Waals surface area (Å²) < 4.78 is 4.79. The molecule has 6 nitrogen and oxygen atoms in total. The molecule has 0 aliphatic carbocycles. The topological polar surface area (TPSA) is 82.4 Å². The fourth-order valence-corrected chi connectivity index (χ4v) is 3.00. The second-order valence-electron chi connectivity index (χ2n) is 6.43.